The molecule has 1 atom stereocenters. The van der Waals surface area contributed by atoms with E-state index in [0.29, 0.717) is 18.2 Å². The number of aliphatic hydroxyl groups excluding tert-OH is 1. The molecule has 1 aliphatic carbocycles. The molecule has 132 valence electrons. The highest BCUT2D eigenvalue weighted by Gasteiger charge is 2.27. The van der Waals surface area contributed by atoms with Gasteiger partial charge < -0.3 is 15.3 Å². The van der Waals surface area contributed by atoms with Gasteiger partial charge in [0.1, 0.15) is 5.69 Å². The van der Waals surface area contributed by atoms with Crippen LogP contribution in [0.4, 0.5) is 0 Å². The zero-order valence-electron chi connectivity index (χ0n) is 14.2. The summed E-state index contributed by atoms with van der Waals surface area (Å²) in [5, 5.41) is 16.7. The molecule has 7 nitrogen and oxygen atoms in total. The van der Waals surface area contributed by atoms with E-state index < -0.39 is 6.10 Å². The quantitative estimate of drug-likeness (QED) is 0.861. The first-order chi connectivity index (χ1) is 11.6. The highest BCUT2D eigenvalue weighted by molar-refractivity contribution is 5.98. The predicted molar refractivity (Wildman–Crippen MR) is 88.7 cm³/mol. The van der Waals surface area contributed by atoms with E-state index in [1.807, 2.05) is 11.8 Å². The van der Waals surface area contributed by atoms with Crippen molar-refractivity contribution in [3.63, 3.8) is 0 Å². The second-order valence-electron chi connectivity index (χ2n) is 6.81. The third-order valence-electron chi connectivity index (χ3n) is 4.99. The molecule has 0 bridgehead atoms. The topological polar surface area (TPSA) is 87.5 Å². The average Bonchev–Trinajstić information content (AvgIpc) is 2.96. The Morgan fingerprint density at radius 2 is 2.17 bits per heavy atom. The molecule has 1 aliphatic heterocycles. The summed E-state index contributed by atoms with van der Waals surface area (Å²) in [6.07, 6.45) is 5.45. The van der Waals surface area contributed by atoms with Crippen molar-refractivity contribution in [3.8, 4) is 0 Å². The maximum atomic E-state index is 12.8. The van der Waals surface area contributed by atoms with E-state index in [9.17, 15) is 14.7 Å². The zero-order chi connectivity index (χ0) is 17.1. The lowest BCUT2D eigenvalue weighted by atomic mass is 9.89. The monoisotopic (exact) mass is 334 g/mol. The van der Waals surface area contributed by atoms with Gasteiger partial charge in [0, 0.05) is 25.7 Å². The van der Waals surface area contributed by atoms with Gasteiger partial charge in [-0.1, -0.05) is 19.3 Å². The van der Waals surface area contributed by atoms with Crippen LogP contribution in [0.1, 0.15) is 60.0 Å². The number of nitrogens with one attached hydrogen (secondary N) is 1. The Bertz CT molecular complexity index is 607. The number of hydrogen-bond donors (Lipinski definition) is 2. The summed E-state index contributed by atoms with van der Waals surface area (Å²) in [4.78, 5) is 26.7. The fourth-order valence-corrected chi connectivity index (χ4v) is 3.61. The number of nitrogens with zero attached hydrogens (tertiary/aromatic N) is 3. The lowest BCUT2D eigenvalue weighted by Gasteiger charge is -2.28. The van der Waals surface area contributed by atoms with E-state index >= 15 is 0 Å². The molecule has 1 aromatic rings. The molecule has 0 saturated heterocycles. The minimum Gasteiger partial charge on any atom is -0.389 e. The summed E-state index contributed by atoms with van der Waals surface area (Å²) in [7, 11) is 0. The molecule has 0 aromatic carbocycles. The van der Waals surface area contributed by atoms with Gasteiger partial charge in [-0.05, 0) is 25.7 Å². The highest BCUT2D eigenvalue weighted by Crippen LogP contribution is 2.25. The molecule has 0 radical (unpaired) electrons. The van der Waals surface area contributed by atoms with E-state index in [-0.39, 0.29) is 30.6 Å². The molecule has 2 heterocycles. The number of rotatable bonds is 4. The molecular formula is C17H26N4O3. The average molecular weight is 334 g/mol. The van der Waals surface area contributed by atoms with Gasteiger partial charge in [0.25, 0.3) is 11.8 Å². The normalized spacial score (nSPS) is 21.8. The number of carbonyl (C=O) groups excluding carboxylic acids is 2. The van der Waals surface area contributed by atoms with Crippen LogP contribution in [0.15, 0.2) is 6.07 Å². The molecule has 0 spiro atoms. The Morgan fingerprint density at radius 1 is 1.42 bits per heavy atom. The summed E-state index contributed by atoms with van der Waals surface area (Å²) < 4.78 is 1.44. The van der Waals surface area contributed by atoms with Crippen LogP contribution in [0.5, 0.6) is 0 Å². The molecule has 1 fully saturated rings. The minimum atomic E-state index is -0.692. The maximum absolute atomic E-state index is 12.8. The van der Waals surface area contributed by atoms with Crippen LogP contribution in [0, 0.1) is 5.92 Å². The number of β-amino-alcohol motifs (C(OH)–C–C–N with tert-alkyl or cyclic N) is 1. The van der Waals surface area contributed by atoms with Crippen LogP contribution in [0.3, 0.4) is 0 Å². The fraction of sp³-hybridized carbons (Fsp3) is 0.706. The van der Waals surface area contributed by atoms with E-state index in [0.717, 1.165) is 6.54 Å². The molecular weight excluding hydrogens is 308 g/mol. The molecule has 2 aliphatic rings. The van der Waals surface area contributed by atoms with E-state index in [1.165, 1.54) is 36.8 Å². The number of amides is 2. The zero-order valence-corrected chi connectivity index (χ0v) is 14.2. The third-order valence-corrected chi connectivity index (χ3v) is 4.99. The van der Waals surface area contributed by atoms with E-state index in [4.69, 9.17) is 0 Å². The van der Waals surface area contributed by atoms with Crippen molar-refractivity contribution in [2.45, 2.75) is 51.7 Å². The standard InChI is InChI=1S/C17H26N4O3/c1-2-20(10-12-6-4-3-5-7-12)17(24)14-8-15-16(23)18-9-13(22)11-21(15)19-14/h8,12-13,22H,2-7,9-11H2,1H3,(H,18,23). The van der Waals surface area contributed by atoms with Gasteiger partial charge in [-0.3, -0.25) is 14.3 Å². The lowest BCUT2D eigenvalue weighted by molar-refractivity contribution is 0.0716. The van der Waals surface area contributed by atoms with Gasteiger partial charge in [0.05, 0.1) is 12.6 Å². The smallest absolute Gasteiger partial charge is 0.274 e. The van der Waals surface area contributed by atoms with Crippen molar-refractivity contribution in [1.29, 1.82) is 0 Å². The highest BCUT2D eigenvalue weighted by atomic mass is 16.3. The SMILES string of the molecule is CCN(CC1CCCCC1)C(=O)c1cc2n(n1)CC(O)CNC2=O. The Labute approximate surface area is 142 Å². The molecule has 1 saturated carbocycles. The van der Waals surface area contributed by atoms with Crippen molar-refractivity contribution in [2.75, 3.05) is 19.6 Å². The van der Waals surface area contributed by atoms with Gasteiger partial charge in [-0.25, -0.2) is 0 Å². The summed E-state index contributed by atoms with van der Waals surface area (Å²) >= 11 is 0. The molecule has 3 rings (SSSR count). The first kappa shape index (κ1) is 17.0. The van der Waals surface area contributed by atoms with Crippen molar-refractivity contribution in [2.24, 2.45) is 5.92 Å². The van der Waals surface area contributed by atoms with Crippen molar-refractivity contribution >= 4 is 11.8 Å². The maximum Gasteiger partial charge on any atom is 0.274 e. The van der Waals surface area contributed by atoms with Crippen LogP contribution < -0.4 is 5.32 Å². The first-order valence-electron chi connectivity index (χ1n) is 8.92. The number of aliphatic hydroxyl groups is 1. The largest absolute Gasteiger partial charge is 0.389 e. The number of fused-ring (bicyclic) bond motifs is 1. The molecule has 1 unspecified atom stereocenters. The summed E-state index contributed by atoms with van der Waals surface area (Å²) in [6, 6.07) is 1.54. The summed E-state index contributed by atoms with van der Waals surface area (Å²) in [6.45, 7) is 3.78. The van der Waals surface area contributed by atoms with E-state index in [1.54, 1.807) is 6.07 Å². The van der Waals surface area contributed by atoms with Crippen LogP contribution in [-0.4, -0.2) is 57.3 Å². The van der Waals surface area contributed by atoms with Crippen LogP contribution in [0.25, 0.3) is 0 Å². The summed E-state index contributed by atoms with van der Waals surface area (Å²) in [5.74, 6) is 0.132. The Balaban J connectivity index is 1.75. The van der Waals surface area contributed by atoms with Crippen molar-refractivity contribution in [1.82, 2.24) is 20.0 Å². The molecule has 2 N–H and O–H groups in total. The fourth-order valence-electron chi connectivity index (χ4n) is 3.61. The molecule has 1 aromatic heterocycles. The van der Waals surface area contributed by atoms with Crippen LogP contribution in [-0.2, 0) is 6.54 Å². The number of hydrogen-bond acceptors (Lipinski definition) is 4. The van der Waals surface area contributed by atoms with Crippen LogP contribution >= 0.6 is 0 Å². The number of carbonyl (C=O) groups is 2. The molecule has 7 heteroatoms. The van der Waals surface area contributed by atoms with Crippen LogP contribution in [0.2, 0.25) is 0 Å². The van der Waals surface area contributed by atoms with Crippen molar-refractivity contribution < 1.29 is 14.7 Å². The second kappa shape index (κ2) is 7.34. The van der Waals surface area contributed by atoms with Gasteiger partial charge in [-0.15, -0.1) is 0 Å². The first-order valence-corrected chi connectivity index (χ1v) is 8.92. The number of aromatic nitrogens is 2. The van der Waals surface area contributed by atoms with E-state index in [2.05, 4.69) is 10.4 Å². The summed E-state index contributed by atoms with van der Waals surface area (Å²) in [5.41, 5.74) is 0.621. The van der Waals surface area contributed by atoms with Crippen molar-refractivity contribution in [3.05, 3.63) is 17.5 Å². The Hall–Kier alpha value is -1.89. The minimum absolute atomic E-state index is 0.133. The Morgan fingerprint density at radius 3 is 2.88 bits per heavy atom. The Kier molecular flexibility index (Phi) is 5.18. The lowest BCUT2D eigenvalue weighted by Crippen LogP contribution is -2.36. The second-order valence-corrected chi connectivity index (χ2v) is 6.81. The van der Waals surface area contributed by atoms with Gasteiger partial charge in [-0.2, -0.15) is 5.10 Å². The van der Waals surface area contributed by atoms with Gasteiger partial charge >= 0.3 is 0 Å². The molecule has 24 heavy (non-hydrogen) atoms. The molecule has 2 amide bonds. The third kappa shape index (κ3) is 3.61. The predicted octanol–water partition coefficient (Wildman–Crippen LogP) is 1.03. The van der Waals surface area contributed by atoms with Gasteiger partial charge in [0.2, 0.25) is 0 Å². The van der Waals surface area contributed by atoms with Gasteiger partial charge in [0.15, 0.2) is 5.69 Å².